The molecule has 1 N–H and O–H groups in total. The van der Waals surface area contributed by atoms with Gasteiger partial charge in [-0.25, -0.2) is 23.1 Å². The maximum Gasteiger partial charge on any atom is 0.226 e. The van der Waals surface area contributed by atoms with E-state index >= 15 is 4.39 Å². The Morgan fingerprint density at radius 2 is 1.81 bits per heavy atom. The van der Waals surface area contributed by atoms with Gasteiger partial charge in [0.25, 0.3) is 0 Å². The van der Waals surface area contributed by atoms with Crippen LogP contribution in [0.4, 0.5) is 19.1 Å². The number of nitrogens with one attached hydrogen (secondary N) is 1. The lowest BCUT2D eigenvalue weighted by atomic mass is 9.91. The zero-order chi connectivity index (χ0) is 21.9. The number of aromatic nitrogens is 3. The molecule has 3 heterocycles. The Kier molecular flexibility index (Phi) is 4.66. The maximum absolute atomic E-state index is 15.1. The van der Waals surface area contributed by atoms with E-state index in [2.05, 4.69) is 15.0 Å². The molecule has 0 bridgehead atoms. The van der Waals surface area contributed by atoms with Crippen molar-refractivity contribution in [3.8, 4) is 0 Å². The average molecular weight is 443 g/mol. The van der Waals surface area contributed by atoms with Crippen LogP contribution in [0.3, 0.4) is 0 Å². The third-order valence-corrected chi connectivity index (χ3v) is 6.08. The van der Waals surface area contributed by atoms with Crippen LogP contribution in [0.15, 0.2) is 36.7 Å². The second kappa shape index (κ2) is 7.27. The Labute approximate surface area is 181 Å². The summed E-state index contributed by atoms with van der Waals surface area (Å²) in [6.07, 6.45) is 3.95. The highest BCUT2D eigenvalue weighted by Crippen LogP contribution is 2.41. The number of aromatic amines is 1. The van der Waals surface area contributed by atoms with E-state index < -0.39 is 23.5 Å². The monoisotopic (exact) mass is 442 g/mol. The van der Waals surface area contributed by atoms with Crippen LogP contribution in [-0.4, -0.2) is 21.5 Å². The number of hydrogen-bond donors (Lipinski definition) is 1. The fraction of sp³-hybridized carbons (Fsp3) is 0.217. The van der Waals surface area contributed by atoms with E-state index in [1.807, 2.05) is 11.8 Å². The topological polar surface area (TPSA) is 44.8 Å². The Morgan fingerprint density at radius 3 is 2.55 bits per heavy atom. The van der Waals surface area contributed by atoms with Gasteiger partial charge in [0.05, 0.1) is 5.02 Å². The van der Waals surface area contributed by atoms with Crippen LogP contribution in [0.2, 0.25) is 5.02 Å². The summed E-state index contributed by atoms with van der Waals surface area (Å²) in [4.78, 5) is 13.9. The quantitative estimate of drug-likeness (QED) is 0.427. The summed E-state index contributed by atoms with van der Waals surface area (Å²) in [5, 5.41) is 0.784. The molecule has 4 nitrogen and oxygen atoms in total. The van der Waals surface area contributed by atoms with E-state index in [1.165, 1.54) is 13.0 Å². The molecule has 1 aliphatic rings. The third kappa shape index (κ3) is 3.15. The number of anilines is 1. The molecular formula is C23H18ClF3N4. The highest BCUT2D eigenvalue weighted by atomic mass is 35.5. The predicted molar refractivity (Wildman–Crippen MR) is 114 cm³/mol. The first-order chi connectivity index (χ1) is 14.8. The van der Waals surface area contributed by atoms with Crippen LogP contribution < -0.4 is 4.90 Å². The number of rotatable bonds is 2. The standard InChI is InChI=1S/C23H18ClF3N4/c1-11-9-28-23(29-10-11)31-6-5-13-15-7-16(24)17(25)8-18(15)30-21(13)22(31)14-4-3-12(2)19(26)20(14)27/h3-4,7-10,22,30H,5-6H2,1-2H3. The first-order valence-electron chi connectivity index (χ1n) is 9.84. The van der Waals surface area contributed by atoms with E-state index in [-0.39, 0.29) is 16.1 Å². The normalized spacial score (nSPS) is 16.1. The lowest BCUT2D eigenvalue weighted by Crippen LogP contribution is -2.38. The molecule has 2 aromatic heterocycles. The molecule has 0 saturated heterocycles. The van der Waals surface area contributed by atoms with E-state index in [0.29, 0.717) is 30.1 Å². The van der Waals surface area contributed by atoms with Gasteiger partial charge >= 0.3 is 0 Å². The number of aryl methyl sites for hydroxylation is 2. The van der Waals surface area contributed by atoms with Crippen molar-refractivity contribution in [1.82, 2.24) is 15.0 Å². The summed E-state index contributed by atoms with van der Waals surface area (Å²) >= 11 is 6.01. The molecule has 2 aromatic carbocycles. The molecule has 4 aromatic rings. The molecule has 1 aliphatic heterocycles. The van der Waals surface area contributed by atoms with E-state index in [1.54, 1.807) is 30.6 Å². The number of halogens is 4. The Morgan fingerprint density at radius 1 is 1.06 bits per heavy atom. The zero-order valence-corrected chi connectivity index (χ0v) is 17.6. The van der Waals surface area contributed by atoms with Crippen LogP contribution in [0.5, 0.6) is 0 Å². The third-order valence-electron chi connectivity index (χ3n) is 5.79. The fourth-order valence-corrected chi connectivity index (χ4v) is 4.39. The van der Waals surface area contributed by atoms with Crippen molar-refractivity contribution in [2.45, 2.75) is 26.3 Å². The molecule has 0 aliphatic carbocycles. The minimum atomic E-state index is -0.919. The second-order valence-electron chi connectivity index (χ2n) is 7.84. The first kappa shape index (κ1) is 19.9. The van der Waals surface area contributed by atoms with Crippen LogP contribution in [0.25, 0.3) is 10.9 Å². The van der Waals surface area contributed by atoms with E-state index in [9.17, 15) is 8.78 Å². The average Bonchev–Trinajstić information content (AvgIpc) is 3.10. The van der Waals surface area contributed by atoms with Gasteiger partial charge in [-0.2, -0.15) is 0 Å². The van der Waals surface area contributed by atoms with Gasteiger partial charge in [-0.05, 0) is 49.1 Å². The van der Waals surface area contributed by atoms with Crippen LogP contribution in [0, 0.1) is 31.3 Å². The number of H-pyrrole nitrogens is 1. The molecule has 31 heavy (non-hydrogen) atoms. The Bertz CT molecular complexity index is 1320. The maximum atomic E-state index is 15.1. The number of nitrogens with zero attached hydrogens (tertiary/aromatic N) is 3. The molecule has 158 valence electrons. The van der Waals surface area contributed by atoms with Crippen LogP contribution in [-0.2, 0) is 6.42 Å². The van der Waals surface area contributed by atoms with Gasteiger partial charge in [-0.3, -0.25) is 0 Å². The van der Waals surface area contributed by atoms with Gasteiger partial charge in [0, 0.05) is 41.1 Å². The minimum Gasteiger partial charge on any atom is -0.356 e. The number of fused-ring (bicyclic) bond motifs is 3. The second-order valence-corrected chi connectivity index (χ2v) is 8.24. The van der Waals surface area contributed by atoms with Crippen molar-refractivity contribution in [2.24, 2.45) is 0 Å². The fourth-order valence-electron chi connectivity index (χ4n) is 4.23. The van der Waals surface area contributed by atoms with Crippen molar-refractivity contribution in [3.05, 3.63) is 87.1 Å². The molecule has 8 heteroatoms. The highest BCUT2D eigenvalue weighted by Gasteiger charge is 2.36. The molecular weight excluding hydrogens is 425 g/mol. The molecule has 5 rings (SSSR count). The van der Waals surface area contributed by atoms with Crippen molar-refractivity contribution < 1.29 is 13.2 Å². The van der Waals surface area contributed by atoms with Crippen molar-refractivity contribution in [1.29, 1.82) is 0 Å². The molecule has 0 radical (unpaired) electrons. The molecule has 0 amide bonds. The van der Waals surface area contributed by atoms with Crippen LogP contribution in [0.1, 0.15) is 34.0 Å². The summed E-state index contributed by atoms with van der Waals surface area (Å²) in [5.41, 5.74) is 3.37. The van der Waals surface area contributed by atoms with Crippen molar-refractivity contribution >= 4 is 28.5 Å². The van der Waals surface area contributed by atoms with E-state index in [0.717, 1.165) is 16.5 Å². The molecule has 1 unspecified atom stereocenters. The van der Waals surface area contributed by atoms with Gasteiger partial charge in [-0.1, -0.05) is 23.7 Å². The van der Waals surface area contributed by atoms with Crippen molar-refractivity contribution in [2.75, 3.05) is 11.4 Å². The summed E-state index contributed by atoms with van der Waals surface area (Å²) in [6.45, 7) is 3.86. The number of hydrogen-bond acceptors (Lipinski definition) is 3. The van der Waals surface area contributed by atoms with Gasteiger partial charge in [-0.15, -0.1) is 0 Å². The summed E-state index contributed by atoms with van der Waals surface area (Å²) < 4.78 is 43.7. The number of benzene rings is 2. The Balaban J connectivity index is 1.76. The summed E-state index contributed by atoms with van der Waals surface area (Å²) in [7, 11) is 0. The Hall–Kier alpha value is -3.06. The zero-order valence-electron chi connectivity index (χ0n) is 16.8. The lowest BCUT2D eigenvalue weighted by Gasteiger charge is -2.36. The lowest BCUT2D eigenvalue weighted by molar-refractivity contribution is 0.481. The summed E-state index contributed by atoms with van der Waals surface area (Å²) in [6, 6.07) is 5.31. The van der Waals surface area contributed by atoms with Gasteiger partial charge in [0.15, 0.2) is 11.6 Å². The largest absolute Gasteiger partial charge is 0.356 e. The smallest absolute Gasteiger partial charge is 0.226 e. The molecule has 0 spiro atoms. The summed E-state index contributed by atoms with van der Waals surface area (Å²) in [5.74, 6) is -1.95. The van der Waals surface area contributed by atoms with Gasteiger partial charge < -0.3 is 9.88 Å². The highest BCUT2D eigenvalue weighted by molar-refractivity contribution is 6.31. The van der Waals surface area contributed by atoms with Gasteiger partial charge in [0.1, 0.15) is 11.9 Å². The van der Waals surface area contributed by atoms with Gasteiger partial charge in [0.2, 0.25) is 5.95 Å². The SMILES string of the molecule is Cc1cnc(N2CCc3c([nH]c4cc(F)c(Cl)cc34)C2c2ccc(C)c(F)c2F)nc1. The molecule has 0 fully saturated rings. The minimum absolute atomic E-state index is 0.0164. The van der Waals surface area contributed by atoms with Crippen molar-refractivity contribution in [3.63, 3.8) is 0 Å². The van der Waals surface area contributed by atoms with E-state index in [4.69, 9.17) is 11.6 Å². The van der Waals surface area contributed by atoms with Crippen LogP contribution >= 0.6 is 11.6 Å². The predicted octanol–water partition coefficient (Wildman–Crippen LogP) is 5.80. The first-order valence-corrected chi connectivity index (χ1v) is 10.2. The molecule has 0 saturated carbocycles. The molecule has 1 atom stereocenters.